The highest BCUT2D eigenvalue weighted by atomic mass is 32.1. The third-order valence-corrected chi connectivity index (χ3v) is 3.85. The molecule has 0 aromatic carbocycles. The van der Waals surface area contributed by atoms with Gasteiger partial charge in [0.1, 0.15) is 0 Å². The van der Waals surface area contributed by atoms with Crippen molar-refractivity contribution in [1.29, 1.82) is 0 Å². The Balaban J connectivity index is 1.73. The fourth-order valence-corrected chi connectivity index (χ4v) is 2.78. The molecule has 1 unspecified atom stereocenters. The lowest BCUT2D eigenvalue weighted by Crippen LogP contribution is -2.17. The number of aromatic nitrogens is 2. The van der Waals surface area contributed by atoms with Gasteiger partial charge in [-0.3, -0.25) is 0 Å². The highest BCUT2D eigenvalue weighted by Crippen LogP contribution is 2.17. The van der Waals surface area contributed by atoms with Crippen molar-refractivity contribution in [3.63, 3.8) is 0 Å². The summed E-state index contributed by atoms with van der Waals surface area (Å²) < 4.78 is 1.91. The van der Waals surface area contributed by atoms with Crippen LogP contribution in [0.3, 0.4) is 0 Å². The van der Waals surface area contributed by atoms with Crippen molar-refractivity contribution in [3.8, 4) is 0 Å². The molecule has 3 aromatic heterocycles. The second-order valence-electron chi connectivity index (χ2n) is 4.36. The Bertz CT molecular complexity index is 627. The number of hydrogen-bond donors (Lipinski definition) is 1. The van der Waals surface area contributed by atoms with Gasteiger partial charge in [0.15, 0.2) is 0 Å². The minimum atomic E-state index is 0.370. The number of pyridine rings is 1. The largest absolute Gasteiger partial charge is 0.306 e. The van der Waals surface area contributed by atoms with Gasteiger partial charge in [-0.2, -0.15) is 16.4 Å². The summed E-state index contributed by atoms with van der Waals surface area (Å²) in [5, 5.41) is 12.2. The molecule has 92 valence electrons. The third-order valence-electron chi connectivity index (χ3n) is 3.15. The first-order chi connectivity index (χ1) is 8.84. The van der Waals surface area contributed by atoms with Gasteiger partial charge in [-0.15, -0.1) is 0 Å². The second-order valence-corrected chi connectivity index (χ2v) is 5.14. The zero-order valence-electron chi connectivity index (χ0n) is 10.2. The quantitative estimate of drug-likeness (QED) is 0.777. The molecular weight excluding hydrogens is 242 g/mol. The maximum atomic E-state index is 4.34. The molecule has 0 aliphatic heterocycles. The number of fused-ring (bicyclic) bond motifs is 1. The zero-order chi connectivity index (χ0) is 12.4. The molecule has 4 heteroatoms. The molecule has 3 rings (SSSR count). The summed E-state index contributed by atoms with van der Waals surface area (Å²) in [6, 6.07) is 8.67. The van der Waals surface area contributed by atoms with E-state index >= 15 is 0 Å². The van der Waals surface area contributed by atoms with Gasteiger partial charge in [0, 0.05) is 24.3 Å². The fraction of sp³-hybridized carbons (Fsp3) is 0.214. The van der Waals surface area contributed by atoms with Crippen LogP contribution in [0.25, 0.3) is 5.52 Å². The summed E-state index contributed by atoms with van der Waals surface area (Å²) in [5.41, 5.74) is 3.75. The van der Waals surface area contributed by atoms with Crippen molar-refractivity contribution in [2.45, 2.75) is 19.5 Å². The van der Waals surface area contributed by atoms with E-state index in [2.05, 4.69) is 40.2 Å². The summed E-state index contributed by atoms with van der Waals surface area (Å²) >= 11 is 1.74. The van der Waals surface area contributed by atoms with Gasteiger partial charge < -0.3 is 5.32 Å². The van der Waals surface area contributed by atoms with Crippen LogP contribution in [0.15, 0.2) is 47.4 Å². The minimum absolute atomic E-state index is 0.370. The van der Waals surface area contributed by atoms with Crippen molar-refractivity contribution in [2.24, 2.45) is 0 Å². The first-order valence-electron chi connectivity index (χ1n) is 6.01. The average Bonchev–Trinajstić information content (AvgIpc) is 3.06. The van der Waals surface area contributed by atoms with Crippen LogP contribution in [-0.2, 0) is 6.54 Å². The van der Waals surface area contributed by atoms with Crippen LogP contribution >= 0.6 is 11.3 Å². The lowest BCUT2D eigenvalue weighted by molar-refractivity contribution is 0.578. The van der Waals surface area contributed by atoms with E-state index in [0.717, 1.165) is 6.54 Å². The molecule has 0 saturated carbocycles. The first kappa shape index (κ1) is 11.4. The highest BCUT2D eigenvalue weighted by molar-refractivity contribution is 7.07. The molecule has 3 heterocycles. The lowest BCUT2D eigenvalue weighted by atomic mass is 10.1. The summed E-state index contributed by atoms with van der Waals surface area (Å²) in [6.07, 6.45) is 3.91. The fourth-order valence-electron chi connectivity index (χ4n) is 2.03. The Morgan fingerprint density at radius 1 is 1.39 bits per heavy atom. The summed E-state index contributed by atoms with van der Waals surface area (Å²) in [4.78, 5) is 0. The SMILES string of the molecule is CC(NCc1cnn2ccccc12)c1ccsc1. The Morgan fingerprint density at radius 3 is 3.17 bits per heavy atom. The second kappa shape index (κ2) is 4.92. The molecule has 18 heavy (non-hydrogen) atoms. The van der Waals surface area contributed by atoms with Gasteiger partial charge in [0.25, 0.3) is 0 Å². The molecule has 0 saturated heterocycles. The van der Waals surface area contributed by atoms with E-state index in [1.807, 2.05) is 29.0 Å². The predicted octanol–water partition coefficient (Wildman–Crippen LogP) is 3.25. The zero-order valence-corrected chi connectivity index (χ0v) is 11.0. The average molecular weight is 257 g/mol. The van der Waals surface area contributed by atoms with E-state index in [4.69, 9.17) is 0 Å². The molecule has 0 aliphatic rings. The smallest absolute Gasteiger partial charge is 0.0706 e. The van der Waals surface area contributed by atoms with Crippen LogP contribution in [0, 0.1) is 0 Å². The van der Waals surface area contributed by atoms with E-state index in [-0.39, 0.29) is 0 Å². The number of nitrogens with one attached hydrogen (secondary N) is 1. The summed E-state index contributed by atoms with van der Waals surface area (Å²) in [6.45, 7) is 3.03. The van der Waals surface area contributed by atoms with Crippen LogP contribution in [0.4, 0.5) is 0 Å². The molecule has 3 aromatic rings. The van der Waals surface area contributed by atoms with Gasteiger partial charge >= 0.3 is 0 Å². The Labute approximate surface area is 110 Å². The topological polar surface area (TPSA) is 29.3 Å². The molecule has 0 amide bonds. The Kier molecular flexibility index (Phi) is 3.13. The molecule has 0 bridgehead atoms. The normalized spacial score (nSPS) is 12.9. The van der Waals surface area contributed by atoms with Gasteiger partial charge in [0.2, 0.25) is 0 Å². The van der Waals surface area contributed by atoms with Crippen molar-refractivity contribution in [1.82, 2.24) is 14.9 Å². The first-order valence-corrected chi connectivity index (χ1v) is 6.95. The monoisotopic (exact) mass is 257 g/mol. The van der Waals surface area contributed by atoms with Crippen LogP contribution in [0.1, 0.15) is 24.1 Å². The molecule has 0 fully saturated rings. The summed E-state index contributed by atoms with van der Waals surface area (Å²) in [5.74, 6) is 0. The Hall–Kier alpha value is -1.65. The highest BCUT2D eigenvalue weighted by Gasteiger charge is 2.07. The molecule has 3 nitrogen and oxygen atoms in total. The van der Waals surface area contributed by atoms with Crippen LogP contribution in [-0.4, -0.2) is 9.61 Å². The maximum Gasteiger partial charge on any atom is 0.0706 e. The van der Waals surface area contributed by atoms with E-state index in [1.165, 1.54) is 16.6 Å². The van der Waals surface area contributed by atoms with Crippen molar-refractivity contribution >= 4 is 16.9 Å². The van der Waals surface area contributed by atoms with Crippen LogP contribution in [0.2, 0.25) is 0 Å². The van der Waals surface area contributed by atoms with E-state index < -0.39 is 0 Å². The standard InChI is InChI=1S/C14H15N3S/c1-11(12-5-7-18-10-12)15-8-13-9-16-17-6-3-2-4-14(13)17/h2-7,9-11,15H,8H2,1H3. The van der Waals surface area contributed by atoms with E-state index in [1.54, 1.807) is 11.3 Å². The molecule has 0 spiro atoms. The van der Waals surface area contributed by atoms with Crippen LogP contribution in [0.5, 0.6) is 0 Å². The van der Waals surface area contributed by atoms with Gasteiger partial charge in [-0.1, -0.05) is 6.07 Å². The number of rotatable bonds is 4. The maximum absolute atomic E-state index is 4.34. The van der Waals surface area contributed by atoms with Crippen molar-refractivity contribution in [2.75, 3.05) is 0 Å². The van der Waals surface area contributed by atoms with Crippen LogP contribution < -0.4 is 5.32 Å². The minimum Gasteiger partial charge on any atom is -0.306 e. The lowest BCUT2D eigenvalue weighted by Gasteiger charge is -2.11. The Morgan fingerprint density at radius 2 is 2.33 bits per heavy atom. The molecule has 1 N–H and O–H groups in total. The molecular formula is C14H15N3S. The molecule has 1 atom stereocenters. The van der Waals surface area contributed by atoms with Gasteiger partial charge in [0.05, 0.1) is 11.7 Å². The number of thiophene rings is 1. The van der Waals surface area contributed by atoms with Crippen molar-refractivity contribution in [3.05, 3.63) is 58.5 Å². The molecule has 0 aliphatic carbocycles. The van der Waals surface area contributed by atoms with Gasteiger partial charge in [-0.05, 0) is 41.4 Å². The number of hydrogen-bond acceptors (Lipinski definition) is 3. The van der Waals surface area contributed by atoms with Gasteiger partial charge in [-0.25, -0.2) is 4.52 Å². The van der Waals surface area contributed by atoms with Crippen molar-refractivity contribution < 1.29 is 0 Å². The number of nitrogens with zero attached hydrogens (tertiary/aromatic N) is 2. The summed E-state index contributed by atoms with van der Waals surface area (Å²) in [7, 11) is 0. The third kappa shape index (κ3) is 2.17. The van der Waals surface area contributed by atoms with E-state index in [9.17, 15) is 0 Å². The van der Waals surface area contributed by atoms with E-state index in [0.29, 0.717) is 6.04 Å². The predicted molar refractivity (Wildman–Crippen MR) is 74.8 cm³/mol. The molecule has 0 radical (unpaired) electrons.